The van der Waals surface area contributed by atoms with Crippen LogP contribution in [-0.4, -0.2) is 73.2 Å². The highest BCUT2D eigenvalue weighted by atomic mass is 32.2. The largest absolute Gasteiger partial charge is 0.480 e. The Balaban J connectivity index is 1.26. The molecule has 10 nitrogen and oxygen atoms in total. The van der Waals surface area contributed by atoms with E-state index in [0.29, 0.717) is 18.4 Å². The molecule has 2 atom stereocenters. The van der Waals surface area contributed by atoms with Gasteiger partial charge in [-0.3, -0.25) is 14.6 Å². The minimum atomic E-state index is -4.01. The number of hydrogen-bond acceptors (Lipinski definition) is 7. The monoisotopic (exact) mass is 583 g/mol. The maximum Gasteiger partial charge on any atom is 0.326 e. The summed E-state index contributed by atoms with van der Waals surface area (Å²) in [5.74, 6) is -1.82. The van der Waals surface area contributed by atoms with Gasteiger partial charge in [0.1, 0.15) is 24.6 Å². The summed E-state index contributed by atoms with van der Waals surface area (Å²) in [5, 5.41) is 12.2. The van der Waals surface area contributed by atoms with Gasteiger partial charge in [0.2, 0.25) is 15.9 Å². The Hall–Kier alpha value is -3.41. The Kier molecular flexibility index (Phi) is 10.8. The molecule has 2 aromatic carbocycles. The molecule has 0 unspecified atom stereocenters. The fourth-order valence-electron chi connectivity index (χ4n) is 5.04. The van der Waals surface area contributed by atoms with Gasteiger partial charge in [0.25, 0.3) is 0 Å². The number of ketones is 1. The maximum atomic E-state index is 13.0. The van der Waals surface area contributed by atoms with Crippen LogP contribution in [0.2, 0.25) is 0 Å². The molecule has 2 aliphatic rings. The highest BCUT2D eigenvalue weighted by molar-refractivity contribution is 7.89. The molecular formula is C30H37N3O7S. The Labute approximate surface area is 240 Å². The van der Waals surface area contributed by atoms with E-state index >= 15 is 0 Å². The number of benzene rings is 2. The molecule has 2 aromatic rings. The van der Waals surface area contributed by atoms with E-state index in [1.165, 1.54) is 17.8 Å². The summed E-state index contributed by atoms with van der Waals surface area (Å²) in [6, 6.07) is 12.3. The number of sulfonamides is 1. The molecule has 2 N–H and O–H groups in total. The minimum absolute atomic E-state index is 0.000393. The predicted octanol–water partition coefficient (Wildman–Crippen LogP) is 3.14. The van der Waals surface area contributed by atoms with E-state index in [4.69, 9.17) is 4.74 Å². The lowest BCUT2D eigenvalue weighted by molar-refractivity contribution is -0.142. The van der Waals surface area contributed by atoms with E-state index in [9.17, 15) is 27.9 Å². The summed E-state index contributed by atoms with van der Waals surface area (Å²) in [4.78, 5) is 41.9. The van der Waals surface area contributed by atoms with Crippen molar-refractivity contribution in [3.8, 4) is 0 Å². The van der Waals surface area contributed by atoms with Crippen LogP contribution in [0.3, 0.4) is 0 Å². The Morgan fingerprint density at radius 1 is 1.02 bits per heavy atom. The Morgan fingerprint density at radius 3 is 2.44 bits per heavy atom. The number of carboxylic acids is 1. The third kappa shape index (κ3) is 8.54. The third-order valence-corrected chi connectivity index (χ3v) is 9.20. The highest BCUT2D eigenvalue weighted by Gasteiger charge is 2.41. The fraction of sp³-hybridized carbons (Fsp3) is 0.467. The number of ether oxygens (including phenoxy) is 1. The van der Waals surface area contributed by atoms with Crippen molar-refractivity contribution in [2.75, 3.05) is 19.9 Å². The number of unbranched alkanes of at least 4 members (excludes halogenated alkanes) is 2. The van der Waals surface area contributed by atoms with Crippen LogP contribution in [0.5, 0.6) is 0 Å². The summed E-state index contributed by atoms with van der Waals surface area (Å²) in [6.45, 7) is 0.472. The van der Waals surface area contributed by atoms with Crippen LogP contribution < -0.4 is 5.32 Å². The summed E-state index contributed by atoms with van der Waals surface area (Å²) in [5.41, 5.74) is 2.83. The molecule has 1 fully saturated rings. The van der Waals surface area contributed by atoms with Crippen molar-refractivity contribution in [2.24, 2.45) is 4.99 Å². The molecule has 1 amide bonds. The molecule has 0 bridgehead atoms. The Morgan fingerprint density at radius 2 is 1.76 bits per heavy atom. The van der Waals surface area contributed by atoms with Crippen LogP contribution in [0.15, 0.2) is 64.5 Å². The molecule has 4 rings (SSSR count). The van der Waals surface area contributed by atoms with Gasteiger partial charge in [-0.15, -0.1) is 0 Å². The maximum absolute atomic E-state index is 13.0. The van der Waals surface area contributed by atoms with Gasteiger partial charge in [-0.1, -0.05) is 48.9 Å². The molecule has 2 heterocycles. The zero-order valence-corrected chi connectivity index (χ0v) is 23.9. The second-order valence-electron chi connectivity index (χ2n) is 10.5. The van der Waals surface area contributed by atoms with Crippen molar-refractivity contribution in [1.82, 2.24) is 9.62 Å². The number of aliphatic carboxylic acids is 1. The number of nitrogens with zero attached hydrogens (tertiary/aromatic N) is 2. The zero-order valence-electron chi connectivity index (χ0n) is 23.0. The lowest BCUT2D eigenvalue weighted by Crippen LogP contribution is -2.52. The third-order valence-electron chi connectivity index (χ3n) is 7.35. The number of nitrogens with one attached hydrogen (secondary N) is 1. The van der Waals surface area contributed by atoms with Gasteiger partial charge < -0.3 is 15.2 Å². The molecule has 0 saturated carbocycles. The number of carbonyl (C=O) groups excluding carboxylic acids is 2. The first-order valence-electron chi connectivity index (χ1n) is 14.0. The van der Waals surface area contributed by atoms with Gasteiger partial charge in [0.15, 0.2) is 0 Å². The first-order chi connectivity index (χ1) is 19.7. The number of Topliss-reactive ketones (excluding diaryl/α,β-unsaturated/α-hetero) is 1. The quantitative estimate of drug-likeness (QED) is 0.307. The molecule has 2 aliphatic heterocycles. The molecule has 0 radical (unpaired) electrons. The molecule has 41 heavy (non-hydrogen) atoms. The molecular weight excluding hydrogens is 546 g/mol. The van der Waals surface area contributed by atoms with Crippen LogP contribution in [-0.2, 0) is 42.0 Å². The fourth-order valence-corrected chi connectivity index (χ4v) is 6.52. The van der Waals surface area contributed by atoms with Crippen molar-refractivity contribution in [2.45, 2.75) is 74.8 Å². The van der Waals surface area contributed by atoms with Gasteiger partial charge in [-0.25, -0.2) is 13.2 Å². The van der Waals surface area contributed by atoms with Gasteiger partial charge in [0, 0.05) is 31.5 Å². The van der Waals surface area contributed by atoms with Crippen LogP contribution >= 0.6 is 0 Å². The number of aliphatic imine (C=N–C) groups is 1. The second-order valence-corrected chi connectivity index (χ2v) is 12.4. The average Bonchev–Trinajstić information content (AvgIpc) is 3.67. The molecule has 0 aromatic heterocycles. The van der Waals surface area contributed by atoms with Crippen molar-refractivity contribution in [3.63, 3.8) is 0 Å². The number of hydrogen-bond donors (Lipinski definition) is 2. The zero-order chi connectivity index (χ0) is 29.2. The minimum Gasteiger partial charge on any atom is -0.480 e. The Bertz CT molecular complexity index is 1340. The molecule has 0 aliphatic carbocycles. The molecule has 1 saturated heterocycles. The first kappa shape index (κ1) is 30.5. The van der Waals surface area contributed by atoms with Crippen molar-refractivity contribution < 1.29 is 32.6 Å². The van der Waals surface area contributed by atoms with Crippen molar-refractivity contribution >= 4 is 33.4 Å². The number of carboxylic acid groups (broad SMARTS) is 1. The van der Waals surface area contributed by atoms with E-state index in [1.807, 2.05) is 0 Å². The van der Waals surface area contributed by atoms with Gasteiger partial charge in [-0.05, 0) is 55.4 Å². The lowest BCUT2D eigenvalue weighted by atomic mass is 10.00. The standard InChI is InChI=1S/C30H37N3O7S/c34-25(10-4-1-3-8-24-9-7-17-31-24)18-22-13-15-23(16-14-22)19-27(30(36)37)32-29(35)28-20-40-21-33(28)41(38,39)26-11-5-2-6-12-26/h2,5-6,11-16,27-28H,1,3-4,7-10,17-21H2,(H,32,35)(H,36,37)/t27-,28-/m0/s1. The van der Waals surface area contributed by atoms with Crippen molar-refractivity contribution in [1.29, 1.82) is 0 Å². The SMILES string of the molecule is O=C(CCCCCC1=NCCC1)Cc1ccc(C[C@H](NC(=O)[C@@H]2COCN2S(=O)(=O)c2ccccc2)C(=O)O)cc1. The van der Waals surface area contributed by atoms with E-state index in [2.05, 4.69) is 10.3 Å². The molecule has 0 spiro atoms. The second kappa shape index (κ2) is 14.5. The van der Waals surface area contributed by atoms with E-state index in [0.717, 1.165) is 54.9 Å². The summed E-state index contributed by atoms with van der Waals surface area (Å²) < 4.78 is 32.3. The number of carbonyl (C=O) groups is 3. The first-order valence-corrected chi connectivity index (χ1v) is 15.5. The van der Waals surface area contributed by atoms with Crippen molar-refractivity contribution in [3.05, 3.63) is 65.7 Å². The van der Waals surface area contributed by atoms with Crippen LogP contribution in [0.4, 0.5) is 0 Å². The summed E-state index contributed by atoms with van der Waals surface area (Å²) in [6.07, 6.45) is 7.09. The number of amides is 1. The smallest absolute Gasteiger partial charge is 0.326 e. The van der Waals surface area contributed by atoms with E-state index in [1.54, 1.807) is 42.5 Å². The highest BCUT2D eigenvalue weighted by Crippen LogP contribution is 2.22. The van der Waals surface area contributed by atoms with Gasteiger partial charge in [-0.2, -0.15) is 4.31 Å². The predicted molar refractivity (Wildman–Crippen MR) is 153 cm³/mol. The number of rotatable bonds is 15. The summed E-state index contributed by atoms with van der Waals surface area (Å²) in [7, 11) is -4.01. The molecule has 220 valence electrons. The normalized spacial score (nSPS) is 18.1. The van der Waals surface area contributed by atoms with Crippen LogP contribution in [0.25, 0.3) is 0 Å². The van der Waals surface area contributed by atoms with Crippen LogP contribution in [0, 0.1) is 0 Å². The average molecular weight is 584 g/mol. The van der Waals surface area contributed by atoms with E-state index < -0.39 is 34.0 Å². The molecule has 11 heteroatoms. The summed E-state index contributed by atoms with van der Waals surface area (Å²) >= 11 is 0. The van der Waals surface area contributed by atoms with Crippen LogP contribution in [0.1, 0.15) is 56.1 Å². The van der Waals surface area contributed by atoms with Gasteiger partial charge in [0.05, 0.1) is 11.5 Å². The topological polar surface area (TPSA) is 142 Å². The van der Waals surface area contributed by atoms with Gasteiger partial charge >= 0.3 is 5.97 Å². The lowest BCUT2D eigenvalue weighted by Gasteiger charge is -2.23. The van der Waals surface area contributed by atoms with E-state index in [-0.39, 0.29) is 30.4 Å².